The van der Waals surface area contributed by atoms with Crippen molar-refractivity contribution in [1.29, 1.82) is 0 Å². The summed E-state index contributed by atoms with van der Waals surface area (Å²) in [4.78, 5) is 14.9. The zero-order valence-corrected chi connectivity index (χ0v) is 14.0. The first-order valence-corrected chi connectivity index (χ1v) is 8.44. The van der Waals surface area contributed by atoms with Gasteiger partial charge in [-0.15, -0.1) is 0 Å². The van der Waals surface area contributed by atoms with Gasteiger partial charge in [-0.1, -0.05) is 48.5 Å². The summed E-state index contributed by atoms with van der Waals surface area (Å²) < 4.78 is 0. The third kappa shape index (κ3) is 3.05. The van der Waals surface area contributed by atoms with Crippen molar-refractivity contribution in [2.24, 2.45) is 0 Å². The van der Waals surface area contributed by atoms with Gasteiger partial charge in [0.15, 0.2) is 0 Å². The summed E-state index contributed by atoms with van der Waals surface area (Å²) in [5.74, 6) is 0.120. The van der Waals surface area contributed by atoms with Gasteiger partial charge in [0.1, 0.15) is 11.4 Å². The molecule has 26 heavy (non-hydrogen) atoms. The maximum atomic E-state index is 13.1. The fourth-order valence-corrected chi connectivity index (χ4v) is 3.12. The molecule has 0 unspecified atom stereocenters. The van der Waals surface area contributed by atoms with Gasteiger partial charge in [-0.3, -0.25) is 9.69 Å². The molecule has 128 valence electrons. The van der Waals surface area contributed by atoms with Crippen LogP contribution >= 0.6 is 0 Å². The Kier molecular flexibility index (Phi) is 4.15. The van der Waals surface area contributed by atoms with E-state index in [0.717, 1.165) is 16.9 Å². The number of nitrogens with zero attached hydrogens (tertiary/aromatic N) is 1. The molecule has 0 saturated heterocycles. The minimum Gasteiger partial charge on any atom is -0.508 e. The topological polar surface area (TPSA) is 52.6 Å². The van der Waals surface area contributed by atoms with Crippen molar-refractivity contribution < 1.29 is 9.90 Å². The number of hydrogen-bond donors (Lipinski definition) is 2. The van der Waals surface area contributed by atoms with Crippen LogP contribution in [0.3, 0.4) is 0 Å². The molecule has 0 saturated carbocycles. The third-order valence-electron chi connectivity index (χ3n) is 4.37. The Labute approximate surface area is 152 Å². The number of para-hydroxylation sites is 2. The predicted octanol–water partition coefficient (Wildman–Crippen LogP) is 4.48. The number of phenolic OH excluding ortho intramolecular Hbond substituents is 1. The Bertz CT molecular complexity index is 935. The van der Waals surface area contributed by atoms with Crippen LogP contribution in [0.2, 0.25) is 0 Å². The van der Waals surface area contributed by atoms with E-state index in [0.29, 0.717) is 5.70 Å². The molecule has 0 radical (unpaired) electrons. The van der Waals surface area contributed by atoms with Gasteiger partial charge in [-0.05, 0) is 48.0 Å². The highest BCUT2D eigenvalue weighted by atomic mass is 16.3. The van der Waals surface area contributed by atoms with Crippen molar-refractivity contribution in [3.05, 3.63) is 102 Å². The summed E-state index contributed by atoms with van der Waals surface area (Å²) >= 11 is 0. The fourth-order valence-electron chi connectivity index (χ4n) is 3.12. The molecule has 3 aromatic carbocycles. The van der Waals surface area contributed by atoms with Crippen LogP contribution in [0, 0.1) is 0 Å². The van der Waals surface area contributed by atoms with Gasteiger partial charge in [0.25, 0.3) is 5.91 Å². The summed E-state index contributed by atoms with van der Waals surface area (Å²) in [6.45, 7) is 0. The third-order valence-corrected chi connectivity index (χ3v) is 4.37. The number of nitrogens with one attached hydrogen (secondary N) is 1. The first-order chi connectivity index (χ1) is 12.7. The molecule has 2 N–H and O–H groups in total. The molecule has 1 aliphatic rings. The molecular weight excluding hydrogens is 324 g/mol. The Balaban J connectivity index is 1.73. The quantitative estimate of drug-likeness (QED) is 0.735. The van der Waals surface area contributed by atoms with E-state index in [1.807, 2.05) is 78.9 Å². The average Bonchev–Trinajstić information content (AvgIpc) is 3.00. The number of hydrogen-bond acceptors (Lipinski definition) is 3. The predicted molar refractivity (Wildman–Crippen MR) is 103 cm³/mol. The normalized spacial score (nSPS) is 16.5. The molecule has 0 aliphatic carbocycles. The lowest BCUT2D eigenvalue weighted by molar-refractivity contribution is -0.114. The Morgan fingerprint density at radius 3 is 2.08 bits per heavy atom. The summed E-state index contributed by atoms with van der Waals surface area (Å²) in [5, 5.41) is 12.8. The van der Waals surface area contributed by atoms with Gasteiger partial charge in [0.2, 0.25) is 0 Å². The molecule has 1 amide bonds. The number of amides is 1. The Morgan fingerprint density at radius 1 is 0.808 bits per heavy atom. The van der Waals surface area contributed by atoms with Crippen LogP contribution in [0.25, 0.3) is 0 Å². The van der Waals surface area contributed by atoms with Gasteiger partial charge in [0.05, 0.1) is 6.04 Å². The van der Waals surface area contributed by atoms with Crippen LogP contribution in [0.5, 0.6) is 5.75 Å². The van der Waals surface area contributed by atoms with Crippen LogP contribution in [-0.2, 0) is 4.79 Å². The number of carbonyl (C=O) groups excluding carboxylic acids is 1. The van der Waals surface area contributed by atoms with Crippen molar-refractivity contribution in [1.82, 2.24) is 0 Å². The van der Waals surface area contributed by atoms with Gasteiger partial charge >= 0.3 is 0 Å². The summed E-state index contributed by atoms with van der Waals surface area (Å²) in [6, 6.07) is 26.0. The van der Waals surface area contributed by atoms with Crippen LogP contribution in [0.1, 0.15) is 11.6 Å². The SMILES string of the molecule is O=C1C(Nc2ccccc2)=C[C@H](c2ccc(O)cc2)N1c1ccccc1. The van der Waals surface area contributed by atoms with Crippen LogP contribution in [-0.4, -0.2) is 11.0 Å². The van der Waals surface area contributed by atoms with Crippen molar-refractivity contribution in [2.75, 3.05) is 10.2 Å². The molecule has 4 rings (SSSR count). The highest BCUT2D eigenvalue weighted by Crippen LogP contribution is 2.36. The summed E-state index contributed by atoms with van der Waals surface area (Å²) in [5.41, 5.74) is 3.17. The lowest BCUT2D eigenvalue weighted by atomic mass is 10.1. The number of anilines is 2. The average molecular weight is 342 g/mol. The van der Waals surface area contributed by atoms with Crippen LogP contribution in [0.4, 0.5) is 11.4 Å². The second-order valence-electron chi connectivity index (χ2n) is 6.12. The van der Waals surface area contributed by atoms with Crippen molar-refractivity contribution in [2.45, 2.75) is 6.04 Å². The van der Waals surface area contributed by atoms with E-state index in [-0.39, 0.29) is 17.7 Å². The minimum absolute atomic E-state index is 0.0851. The molecule has 0 fully saturated rings. The summed E-state index contributed by atoms with van der Waals surface area (Å²) in [7, 11) is 0. The summed E-state index contributed by atoms with van der Waals surface area (Å²) in [6.07, 6.45) is 1.93. The molecule has 0 aromatic heterocycles. The molecule has 0 bridgehead atoms. The molecule has 3 aromatic rings. The molecule has 1 atom stereocenters. The zero-order valence-electron chi connectivity index (χ0n) is 14.0. The standard InChI is InChI=1S/C22H18N2O2/c25-19-13-11-16(12-14-19)21-15-20(23-17-7-3-1-4-8-17)22(26)24(21)18-9-5-2-6-10-18/h1-15,21,23,25H/t21-/m1/s1. The number of aromatic hydroxyl groups is 1. The fraction of sp³-hybridized carbons (Fsp3) is 0.0455. The van der Waals surface area contributed by atoms with Gasteiger partial charge in [0, 0.05) is 11.4 Å². The molecular formula is C22H18N2O2. The monoisotopic (exact) mass is 342 g/mol. The first-order valence-electron chi connectivity index (χ1n) is 8.44. The second kappa shape index (κ2) is 6.76. The number of rotatable bonds is 4. The number of benzene rings is 3. The molecule has 4 nitrogen and oxygen atoms in total. The van der Waals surface area contributed by atoms with E-state index in [1.54, 1.807) is 17.0 Å². The van der Waals surface area contributed by atoms with E-state index < -0.39 is 0 Å². The lowest BCUT2D eigenvalue weighted by Crippen LogP contribution is -2.30. The Hall–Kier alpha value is -3.53. The number of phenols is 1. The molecule has 1 aliphatic heterocycles. The Morgan fingerprint density at radius 2 is 1.42 bits per heavy atom. The molecule has 0 spiro atoms. The first kappa shape index (κ1) is 16.0. The molecule has 4 heteroatoms. The molecule has 1 heterocycles. The van der Waals surface area contributed by atoms with E-state index in [9.17, 15) is 9.90 Å². The van der Waals surface area contributed by atoms with E-state index in [2.05, 4.69) is 5.32 Å². The lowest BCUT2D eigenvalue weighted by Gasteiger charge is -2.25. The van der Waals surface area contributed by atoms with Crippen LogP contribution in [0.15, 0.2) is 96.7 Å². The zero-order chi connectivity index (χ0) is 17.9. The van der Waals surface area contributed by atoms with Crippen molar-refractivity contribution in [3.8, 4) is 5.75 Å². The number of carbonyl (C=O) groups is 1. The highest BCUT2D eigenvalue weighted by Gasteiger charge is 2.34. The largest absolute Gasteiger partial charge is 0.508 e. The maximum absolute atomic E-state index is 13.1. The van der Waals surface area contributed by atoms with Gasteiger partial charge in [-0.2, -0.15) is 0 Å². The smallest absolute Gasteiger partial charge is 0.275 e. The highest BCUT2D eigenvalue weighted by molar-refractivity contribution is 6.11. The van der Waals surface area contributed by atoms with Crippen molar-refractivity contribution in [3.63, 3.8) is 0 Å². The van der Waals surface area contributed by atoms with E-state index in [1.165, 1.54) is 0 Å². The van der Waals surface area contributed by atoms with Crippen LogP contribution < -0.4 is 10.2 Å². The van der Waals surface area contributed by atoms with Gasteiger partial charge in [-0.25, -0.2) is 0 Å². The van der Waals surface area contributed by atoms with Gasteiger partial charge < -0.3 is 10.4 Å². The second-order valence-corrected chi connectivity index (χ2v) is 6.12. The van der Waals surface area contributed by atoms with Crippen molar-refractivity contribution >= 4 is 17.3 Å². The maximum Gasteiger partial charge on any atom is 0.275 e. The van der Waals surface area contributed by atoms with E-state index in [4.69, 9.17) is 0 Å². The minimum atomic E-state index is -0.239. The van der Waals surface area contributed by atoms with E-state index >= 15 is 0 Å².